The van der Waals surface area contributed by atoms with Gasteiger partial charge < -0.3 is 19.9 Å². The van der Waals surface area contributed by atoms with Crippen LogP contribution in [-0.2, 0) is 11.4 Å². The van der Waals surface area contributed by atoms with Gasteiger partial charge in [0.25, 0.3) is 5.91 Å². The van der Waals surface area contributed by atoms with E-state index in [-0.39, 0.29) is 17.9 Å². The number of carbonyl (C=O) groups is 1. The van der Waals surface area contributed by atoms with E-state index < -0.39 is 5.91 Å². The standard InChI is InChI=1S/C26H20IN3O4/c1-2-33-24-13-17(11-20(15-29)26(32)30-21-7-9-22(31)10-8-21)12-23(27)25(24)34-16-19-6-4-3-5-18(19)14-28/h3-13,31H,2,16H2,1H3,(H,30,32)/b20-11+. The summed E-state index contributed by atoms with van der Waals surface area (Å²) < 4.78 is 12.5. The van der Waals surface area contributed by atoms with Crippen LogP contribution in [-0.4, -0.2) is 17.6 Å². The van der Waals surface area contributed by atoms with Gasteiger partial charge in [0.05, 0.1) is 21.8 Å². The van der Waals surface area contributed by atoms with Crippen molar-refractivity contribution in [3.8, 4) is 29.4 Å². The number of carbonyl (C=O) groups excluding carboxylic acids is 1. The molecule has 0 saturated heterocycles. The van der Waals surface area contributed by atoms with Gasteiger partial charge in [0, 0.05) is 11.3 Å². The minimum atomic E-state index is -0.574. The molecule has 1 amide bonds. The quantitative estimate of drug-likeness (QED) is 0.164. The minimum absolute atomic E-state index is 0.0745. The van der Waals surface area contributed by atoms with Crippen molar-refractivity contribution in [2.75, 3.05) is 11.9 Å². The van der Waals surface area contributed by atoms with Crippen molar-refractivity contribution in [1.82, 2.24) is 0 Å². The van der Waals surface area contributed by atoms with Crippen LogP contribution in [0, 0.1) is 26.2 Å². The number of rotatable bonds is 8. The largest absolute Gasteiger partial charge is 0.508 e. The van der Waals surface area contributed by atoms with Crippen LogP contribution in [0.5, 0.6) is 17.2 Å². The lowest BCUT2D eigenvalue weighted by Crippen LogP contribution is -2.13. The number of ether oxygens (including phenoxy) is 2. The third kappa shape index (κ3) is 6.27. The number of nitriles is 2. The fourth-order valence-electron chi connectivity index (χ4n) is 3.04. The summed E-state index contributed by atoms with van der Waals surface area (Å²) in [4.78, 5) is 12.6. The Morgan fingerprint density at radius 2 is 1.85 bits per heavy atom. The van der Waals surface area contributed by atoms with Crippen molar-refractivity contribution in [2.24, 2.45) is 0 Å². The van der Waals surface area contributed by atoms with E-state index >= 15 is 0 Å². The summed E-state index contributed by atoms with van der Waals surface area (Å²) >= 11 is 2.10. The number of hydrogen-bond acceptors (Lipinski definition) is 6. The van der Waals surface area contributed by atoms with Crippen LogP contribution >= 0.6 is 22.6 Å². The maximum absolute atomic E-state index is 12.6. The number of benzene rings is 3. The van der Waals surface area contributed by atoms with Crippen molar-refractivity contribution < 1.29 is 19.4 Å². The molecular weight excluding hydrogens is 545 g/mol. The Hall–Kier alpha value is -4.02. The van der Waals surface area contributed by atoms with Crippen LogP contribution in [0.2, 0.25) is 0 Å². The van der Waals surface area contributed by atoms with Crippen molar-refractivity contribution in [2.45, 2.75) is 13.5 Å². The fourth-order valence-corrected chi connectivity index (χ4v) is 3.82. The molecule has 3 aromatic carbocycles. The van der Waals surface area contributed by atoms with Gasteiger partial charge in [0.15, 0.2) is 11.5 Å². The third-order valence-corrected chi connectivity index (χ3v) is 5.44. The second-order valence-corrected chi connectivity index (χ2v) is 8.15. The highest BCUT2D eigenvalue weighted by Gasteiger charge is 2.15. The normalized spacial score (nSPS) is 10.6. The number of nitrogens with one attached hydrogen (secondary N) is 1. The zero-order valence-electron chi connectivity index (χ0n) is 18.2. The Kier molecular flexibility index (Phi) is 8.49. The van der Waals surface area contributed by atoms with Crippen LogP contribution in [0.4, 0.5) is 5.69 Å². The molecule has 0 saturated carbocycles. The smallest absolute Gasteiger partial charge is 0.266 e. The molecule has 7 nitrogen and oxygen atoms in total. The molecule has 0 aliphatic rings. The predicted octanol–water partition coefficient (Wildman–Crippen LogP) is 5.39. The molecule has 3 aromatic rings. The van der Waals surface area contributed by atoms with E-state index in [4.69, 9.17) is 9.47 Å². The number of halogens is 1. The Bertz CT molecular complexity index is 1310. The summed E-state index contributed by atoms with van der Waals surface area (Å²) in [6.07, 6.45) is 1.47. The van der Waals surface area contributed by atoms with Gasteiger partial charge in [-0.1, -0.05) is 18.2 Å². The first kappa shape index (κ1) is 24.6. The lowest BCUT2D eigenvalue weighted by molar-refractivity contribution is -0.112. The lowest BCUT2D eigenvalue weighted by Gasteiger charge is -2.15. The molecule has 0 unspecified atom stereocenters. The summed E-state index contributed by atoms with van der Waals surface area (Å²) in [7, 11) is 0. The molecule has 0 atom stereocenters. The Morgan fingerprint density at radius 1 is 1.12 bits per heavy atom. The molecular formula is C26H20IN3O4. The number of hydrogen-bond donors (Lipinski definition) is 2. The first-order chi connectivity index (χ1) is 16.4. The molecule has 0 aliphatic heterocycles. The molecule has 0 fully saturated rings. The number of amides is 1. The fraction of sp³-hybridized carbons (Fsp3) is 0.115. The lowest BCUT2D eigenvalue weighted by atomic mass is 10.1. The van der Waals surface area contributed by atoms with E-state index in [1.165, 1.54) is 30.3 Å². The molecule has 8 heteroatoms. The molecule has 3 rings (SSSR count). The summed E-state index contributed by atoms with van der Waals surface area (Å²) in [6.45, 7) is 2.42. The highest BCUT2D eigenvalue weighted by atomic mass is 127. The SMILES string of the molecule is CCOc1cc(/C=C(\C#N)C(=O)Nc2ccc(O)cc2)cc(I)c1OCc1ccccc1C#N. The van der Waals surface area contributed by atoms with Gasteiger partial charge in [-0.05, 0) is 83.6 Å². The molecule has 0 spiro atoms. The Balaban J connectivity index is 1.86. The number of aromatic hydroxyl groups is 1. The number of phenols is 1. The van der Waals surface area contributed by atoms with Gasteiger partial charge in [0.1, 0.15) is 24.0 Å². The topological polar surface area (TPSA) is 115 Å². The number of anilines is 1. The van der Waals surface area contributed by atoms with E-state index in [0.717, 1.165) is 9.13 Å². The molecule has 2 N–H and O–H groups in total. The minimum Gasteiger partial charge on any atom is -0.508 e. The third-order valence-electron chi connectivity index (χ3n) is 4.64. The monoisotopic (exact) mass is 565 g/mol. The van der Waals surface area contributed by atoms with Gasteiger partial charge in [-0.2, -0.15) is 10.5 Å². The molecule has 0 aliphatic carbocycles. The molecule has 0 radical (unpaired) electrons. The first-order valence-electron chi connectivity index (χ1n) is 10.2. The summed E-state index contributed by atoms with van der Waals surface area (Å²) in [6, 6.07) is 20.7. The van der Waals surface area contributed by atoms with E-state index in [2.05, 4.69) is 34.0 Å². The zero-order valence-corrected chi connectivity index (χ0v) is 20.4. The molecule has 170 valence electrons. The number of nitrogens with zero attached hydrogens (tertiary/aromatic N) is 2. The maximum Gasteiger partial charge on any atom is 0.266 e. The van der Waals surface area contributed by atoms with Gasteiger partial charge in [0.2, 0.25) is 0 Å². The summed E-state index contributed by atoms with van der Waals surface area (Å²) in [5, 5.41) is 30.8. The molecule has 0 heterocycles. The van der Waals surface area contributed by atoms with Crippen molar-refractivity contribution in [1.29, 1.82) is 10.5 Å². The highest BCUT2D eigenvalue weighted by molar-refractivity contribution is 14.1. The van der Waals surface area contributed by atoms with Crippen LogP contribution in [0.1, 0.15) is 23.6 Å². The zero-order chi connectivity index (χ0) is 24.5. The second-order valence-electron chi connectivity index (χ2n) is 6.99. The average molecular weight is 565 g/mol. The van der Waals surface area contributed by atoms with Crippen LogP contribution in [0.15, 0.2) is 66.2 Å². The van der Waals surface area contributed by atoms with Gasteiger partial charge >= 0.3 is 0 Å². The van der Waals surface area contributed by atoms with Crippen molar-refractivity contribution >= 4 is 40.3 Å². The first-order valence-corrected chi connectivity index (χ1v) is 11.3. The number of phenolic OH excluding ortho intramolecular Hbond substituents is 1. The van der Waals surface area contributed by atoms with Crippen LogP contribution in [0.3, 0.4) is 0 Å². The average Bonchev–Trinajstić information content (AvgIpc) is 2.83. The highest BCUT2D eigenvalue weighted by Crippen LogP contribution is 2.35. The Labute approximate surface area is 211 Å². The predicted molar refractivity (Wildman–Crippen MR) is 136 cm³/mol. The summed E-state index contributed by atoms with van der Waals surface area (Å²) in [5.74, 6) is 0.478. The van der Waals surface area contributed by atoms with Crippen LogP contribution in [0.25, 0.3) is 6.08 Å². The molecule has 34 heavy (non-hydrogen) atoms. The molecule has 0 aromatic heterocycles. The van der Waals surface area contributed by atoms with E-state index in [0.29, 0.717) is 34.9 Å². The van der Waals surface area contributed by atoms with Crippen molar-refractivity contribution in [3.05, 3.63) is 86.5 Å². The second kappa shape index (κ2) is 11.7. The van der Waals surface area contributed by atoms with Gasteiger partial charge in [-0.25, -0.2) is 0 Å². The molecule has 0 bridgehead atoms. The van der Waals surface area contributed by atoms with Gasteiger partial charge in [-0.15, -0.1) is 0 Å². The summed E-state index contributed by atoms with van der Waals surface area (Å²) in [5.41, 5.74) is 2.24. The van der Waals surface area contributed by atoms with E-state index in [1.54, 1.807) is 24.3 Å². The van der Waals surface area contributed by atoms with Crippen LogP contribution < -0.4 is 14.8 Å². The maximum atomic E-state index is 12.6. The Morgan fingerprint density at radius 3 is 2.53 bits per heavy atom. The van der Waals surface area contributed by atoms with Crippen molar-refractivity contribution in [3.63, 3.8) is 0 Å². The van der Waals surface area contributed by atoms with E-state index in [9.17, 15) is 20.4 Å². The van der Waals surface area contributed by atoms with E-state index in [1.807, 2.05) is 25.1 Å². The van der Waals surface area contributed by atoms with Gasteiger partial charge in [-0.3, -0.25) is 4.79 Å².